The van der Waals surface area contributed by atoms with E-state index in [4.69, 9.17) is 74.5 Å². The number of rotatable bonds is 6. The molecule has 0 saturated carbocycles. The van der Waals surface area contributed by atoms with Crippen LogP contribution < -0.4 is 88.7 Å². The van der Waals surface area contributed by atoms with Crippen molar-refractivity contribution in [3.05, 3.63) is 0 Å². The fourth-order valence-corrected chi connectivity index (χ4v) is 2.99. The van der Waals surface area contributed by atoms with Gasteiger partial charge in [-0.15, -0.1) is 0 Å². The van der Waals surface area contributed by atoms with Gasteiger partial charge in [0.25, 0.3) is 0 Å². The Kier molecular flexibility index (Phi) is 83.0. The van der Waals surface area contributed by atoms with Crippen LogP contribution in [0.15, 0.2) is 0 Å². The molecule has 15 heteroatoms. The molecule has 0 aliphatic heterocycles. The van der Waals surface area contributed by atoms with Crippen LogP contribution in [0.3, 0.4) is 0 Å². The first-order valence-electron chi connectivity index (χ1n) is 8.04. The molecule has 0 fully saturated rings. The van der Waals surface area contributed by atoms with Crippen molar-refractivity contribution in [2.24, 2.45) is 0 Å². The van der Waals surface area contributed by atoms with E-state index in [1.54, 1.807) is 0 Å². The summed E-state index contributed by atoms with van der Waals surface area (Å²) in [7, 11) is 0. The van der Waals surface area contributed by atoms with Crippen LogP contribution >= 0.6 is 36.7 Å². The smallest absolute Gasteiger partial charge is 0.412 e. The van der Waals surface area contributed by atoms with Crippen LogP contribution in [-0.2, 0) is 37.9 Å². The van der Waals surface area contributed by atoms with Crippen LogP contribution in [0.25, 0.3) is 0 Å². The standard InChI is InChI=1S/3C5H11NS2.3Na.3H2O/c3*1-3-6(4-2)5(7)8;;;;;;/h3*3-4H2,1-2H3,(H,7,8);;;;3*1H2/q;;;3*+1;;;/p-3. The normalized spacial score (nSPS) is 7.00. The minimum atomic E-state index is 0. The molecule has 0 amide bonds. The summed E-state index contributed by atoms with van der Waals surface area (Å²) in [6.45, 7) is 17.8. The first-order chi connectivity index (χ1) is 11.2. The van der Waals surface area contributed by atoms with E-state index in [0.717, 1.165) is 39.3 Å². The Labute approximate surface area is 283 Å². The molecule has 0 aliphatic carbocycles. The van der Waals surface area contributed by atoms with Gasteiger partial charge >= 0.3 is 88.7 Å². The summed E-state index contributed by atoms with van der Waals surface area (Å²) in [6, 6.07) is 0. The maximum Gasteiger partial charge on any atom is 1.00 e. The summed E-state index contributed by atoms with van der Waals surface area (Å²) >= 11 is 28.5. The second-order valence-electron chi connectivity index (χ2n) is 4.31. The topological polar surface area (TPSA) is 104 Å². The minimum absolute atomic E-state index is 0. The first kappa shape index (κ1) is 58.8. The molecule has 0 atom stereocenters. The Balaban J connectivity index is -0.0000000286. The number of nitrogens with zero attached hydrogens (tertiary/aromatic N) is 3. The van der Waals surface area contributed by atoms with Gasteiger partial charge in [0.1, 0.15) is 0 Å². The first-order valence-corrected chi connectivity index (χ1v) is 10.5. The van der Waals surface area contributed by atoms with Crippen LogP contribution in [0.5, 0.6) is 0 Å². The third-order valence-electron chi connectivity index (χ3n) is 3.06. The number of hydrogen-bond donors (Lipinski definition) is 0. The van der Waals surface area contributed by atoms with Crippen molar-refractivity contribution in [3.8, 4) is 0 Å². The van der Waals surface area contributed by atoms with E-state index in [1.807, 2.05) is 56.2 Å². The van der Waals surface area contributed by atoms with Crippen molar-refractivity contribution in [1.29, 1.82) is 0 Å². The van der Waals surface area contributed by atoms with Gasteiger partial charge in [-0.25, -0.2) is 0 Å². The van der Waals surface area contributed by atoms with E-state index in [-0.39, 0.29) is 105 Å². The van der Waals surface area contributed by atoms with Gasteiger partial charge in [0.2, 0.25) is 0 Å². The molecule has 0 bridgehead atoms. The van der Waals surface area contributed by atoms with Crippen LogP contribution in [0, 0.1) is 0 Å². The van der Waals surface area contributed by atoms with Crippen molar-refractivity contribution in [2.45, 2.75) is 41.5 Å². The maximum atomic E-state index is 4.76. The average molecular weight is 568 g/mol. The van der Waals surface area contributed by atoms with Gasteiger partial charge < -0.3 is 106 Å². The third kappa shape index (κ3) is 38.5. The van der Waals surface area contributed by atoms with Gasteiger partial charge in [-0.3, -0.25) is 0 Å². The van der Waals surface area contributed by atoms with Gasteiger partial charge in [-0.2, -0.15) is 0 Å². The minimum Gasteiger partial charge on any atom is -0.412 e. The zero-order valence-electron chi connectivity index (χ0n) is 20.0. The Hall–Kier alpha value is 3.21. The second-order valence-corrected chi connectivity index (χ2v) is 7.41. The van der Waals surface area contributed by atoms with Crippen LogP contribution in [0.4, 0.5) is 0 Å². The summed E-state index contributed by atoms with van der Waals surface area (Å²) in [4.78, 5) is 5.89. The Morgan fingerprint density at radius 1 is 0.467 bits per heavy atom. The average Bonchev–Trinajstić information content (AvgIpc) is 2.51. The summed E-state index contributed by atoms with van der Waals surface area (Å²) in [5, 5.41) is 0. The monoisotopic (exact) mass is 567 g/mol. The SMILES string of the molecule is CCN(CC)C(=S)[S-].CCN(CC)C(=S)[S-].CCN(CC)C(=S)[S-].O.O.O.[Na+].[Na+].[Na+]. The fraction of sp³-hybridized carbons (Fsp3) is 0.800. The molecule has 0 radical (unpaired) electrons. The Bertz CT molecular complexity index is 315. The van der Waals surface area contributed by atoms with E-state index < -0.39 is 0 Å². The molecule has 168 valence electrons. The summed E-state index contributed by atoms with van der Waals surface area (Å²) in [5.41, 5.74) is 0. The zero-order chi connectivity index (χ0) is 19.7. The molecule has 0 spiro atoms. The molecule has 0 heterocycles. The molecule has 6 nitrogen and oxygen atoms in total. The molecular formula is C15H36N3Na3O3S6. The maximum absolute atomic E-state index is 4.76. The number of thiocarbonyl (C=S) groups is 3. The van der Waals surface area contributed by atoms with Crippen LogP contribution in [0.2, 0.25) is 0 Å². The quantitative estimate of drug-likeness (QED) is 0.176. The molecule has 0 rings (SSSR count). The fourth-order valence-electron chi connectivity index (χ4n) is 1.45. The Morgan fingerprint density at radius 2 is 0.567 bits per heavy atom. The third-order valence-corrected chi connectivity index (χ3v) is 4.61. The van der Waals surface area contributed by atoms with Gasteiger partial charge in [0.15, 0.2) is 0 Å². The molecule has 0 aromatic carbocycles. The van der Waals surface area contributed by atoms with Crippen LogP contribution in [0.1, 0.15) is 41.5 Å². The van der Waals surface area contributed by atoms with E-state index in [2.05, 4.69) is 0 Å². The largest absolute Gasteiger partial charge is 1.00 e. The summed E-state index contributed by atoms with van der Waals surface area (Å²) in [6.07, 6.45) is 0. The van der Waals surface area contributed by atoms with Gasteiger partial charge in [0.05, 0.1) is 0 Å². The Morgan fingerprint density at radius 3 is 0.567 bits per heavy atom. The van der Waals surface area contributed by atoms with Crippen molar-refractivity contribution < 1.29 is 105 Å². The second kappa shape index (κ2) is 42.4. The predicted molar refractivity (Wildman–Crippen MR) is 139 cm³/mol. The van der Waals surface area contributed by atoms with E-state index in [9.17, 15) is 0 Å². The molecule has 0 unspecified atom stereocenters. The van der Waals surface area contributed by atoms with E-state index in [1.165, 1.54) is 0 Å². The molecule has 30 heavy (non-hydrogen) atoms. The molecule has 0 aliphatic rings. The summed E-state index contributed by atoms with van der Waals surface area (Å²) < 4.78 is 1.74. The predicted octanol–water partition coefficient (Wildman–Crippen LogP) is -7.98. The molecule has 0 saturated heterocycles. The van der Waals surface area contributed by atoms with Crippen molar-refractivity contribution in [2.75, 3.05) is 39.3 Å². The molecule has 0 aromatic heterocycles. The van der Waals surface area contributed by atoms with Crippen LogP contribution in [-0.4, -0.2) is 83.4 Å². The zero-order valence-corrected chi connectivity index (χ0v) is 30.9. The van der Waals surface area contributed by atoms with Gasteiger partial charge in [-0.05, 0) is 41.5 Å². The van der Waals surface area contributed by atoms with Crippen molar-refractivity contribution in [1.82, 2.24) is 14.7 Å². The van der Waals surface area contributed by atoms with Crippen molar-refractivity contribution >= 4 is 87.5 Å². The van der Waals surface area contributed by atoms with E-state index >= 15 is 0 Å². The summed E-state index contributed by atoms with van der Waals surface area (Å²) in [5.74, 6) is 0. The molecule has 0 aromatic rings. The van der Waals surface area contributed by atoms with Gasteiger partial charge in [0, 0.05) is 39.3 Å². The van der Waals surface area contributed by atoms with Crippen molar-refractivity contribution in [3.63, 3.8) is 0 Å². The van der Waals surface area contributed by atoms with E-state index in [0.29, 0.717) is 13.0 Å². The molecular weight excluding hydrogens is 532 g/mol. The van der Waals surface area contributed by atoms with Gasteiger partial charge in [-0.1, -0.05) is 13.0 Å². The number of hydrogen-bond acceptors (Lipinski definition) is 6. The molecule has 6 N–H and O–H groups in total.